The number of rotatable bonds is 51. The number of nitrogens with one attached hydrogen (secondary N) is 1. The molecule has 0 bridgehead atoms. The predicted octanol–water partition coefficient (Wildman–Crippen LogP) is 16.0. The Balaban J connectivity index is 3.91. The van der Waals surface area contributed by atoms with Gasteiger partial charge < -0.3 is 28.8 Å². The van der Waals surface area contributed by atoms with Crippen LogP contribution in [0.1, 0.15) is 264 Å². The van der Waals surface area contributed by atoms with Crippen molar-refractivity contribution in [1.29, 1.82) is 0 Å². The number of aliphatic hydroxyl groups is 1. The lowest BCUT2D eigenvalue weighted by atomic mass is 10.0. The standard InChI is InChI=1S/C56H109N2O6P/c1-6-8-10-12-14-16-18-19-20-21-22-23-24-25-26-27-28-29-30-31-32-33-34-35-36-37-38-39-40-42-44-46-48-50-56(60)57-54(53-64-65(61,62)63-52-51-58(3,4)5)55(59)49-47-45-43-41-17-15-13-11-9-7-2/h9,11,17,41,47,49,54-55,59H,6-8,10,12-16,18-40,42-46,48,50-53H2,1-5H3,(H-,57,60,61,62)/b11-9+,41-17+,49-47+. The Hall–Kier alpha value is -1.28. The van der Waals surface area contributed by atoms with Gasteiger partial charge in [-0.05, 0) is 38.5 Å². The summed E-state index contributed by atoms with van der Waals surface area (Å²) >= 11 is 0. The van der Waals surface area contributed by atoms with Gasteiger partial charge in [-0.3, -0.25) is 9.36 Å². The van der Waals surface area contributed by atoms with E-state index < -0.39 is 26.6 Å². The third-order valence-corrected chi connectivity index (χ3v) is 13.6. The van der Waals surface area contributed by atoms with E-state index in [1.165, 1.54) is 193 Å². The Kier molecular flexibility index (Phi) is 46.8. The number of amides is 1. The molecule has 2 N–H and O–H groups in total. The topological polar surface area (TPSA) is 108 Å². The Labute approximate surface area is 404 Å². The number of nitrogens with zero attached hydrogens (tertiary/aromatic N) is 1. The molecule has 8 nitrogen and oxygen atoms in total. The number of quaternary nitrogens is 1. The van der Waals surface area contributed by atoms with Crippen molar-refractivity contribution in [2.45, 2.75) is 276 Å². The highest BCUT2D eigenvalue weighted by molar-refractivity contribution is 7.45. The molecule has 0 aromatic heterocycles. The first-order chi connectivity index (χ1) is 31.5. The maximum Gasteiger partial charge on any atom is 0.268 e. The summed E-state index contributed by atoms with van der Waals surface area (Å²) in [6, 6.07) is -0.905. The van der Waals surface area contributed by atoms with E-state index in [9.17, 15) is 19.4 Å². The highest BCUT2D eigenvalue weighted by Crippen LogP contribution is 2.38. The third-order valence-electron chi connectivity index (χ3n) is 12.6. The molecule has 0 aromatic carbocycles. The van der Waals surface area contributed by atoms with Gasteiger partial charge in [0.25, 0.3) is 7.82 Å². The molecule has 1 amide bonds. The molecule has 0 aromatic rings. The predicted molar refractivity (Wildman–Crippen MR) is 279 cm³/mol. The van der Waals surface area contributed by atoms with Crippen molar-refractivity contribution in [3.8, 4) is 0 Å². The number of carbonyl (C=O) groups is 1. The fourth-order valence-corrected chi connectivity index (χ4v) is 8.98. The van der Waals surface area contributed by atoms with Gasteiger partial charge >= 0.3 is 0 Å². The maximum atomic E-state index is 12.9. The Morgan fingerprint density at radius 3 is 1.23 bits per heavy atom. The maximum absolute atomic E-state index is 12.9. The number of hydrogen-bond donors (Lipinski definition) is 2. The zero-order valence-corrected chi connectivity index (χ0v) is 44.6. The quantitative estimate of drug-likeness (QED) is 0.0272. The summed E-state index contributed by atoms with van der Waals surface area (Å²) in [6.07, 6.45) is 61.2. The van der Waals surface area contributed by atoms with E-state index >= 15 is 0 Å². The molecule has 0 heterocycles. The lowest BCUT2D eigenvalue weighted by Crippen LogP contribution is -2.45. The highest BCUT2D eigenvalue weighted by Gasteiger charge is 2.23. The van der Waals surface area contributed by atoms with Crippen molar-refractivity contribution in [3.05, 3.63) is 36.5 Å². The van der Waals surface area contributed by atoms with Crippen LogP contribution in [-0.4, -0.2) is 68.5 Å². The smallest absolute Gasteiger partial charge is 0.268 e. The van der Waals surface area contributed by atoms with E-state index in [2.05, 4.69) is 43.5 Å². The van der Waals surface area contributed by atoms with Crippen molar-refractivity contribution in [2.24, 2.45) is 0 Å². The molecular formula is C56H109N2O6P. The molecule has 65 heavy (non-hydrogen) atoms. The van der Waals surface area contributed by atoms with Crippen molar-refractivity contribution in [3.63, 3.8) is 0 Å². The molecule has 9 heteroatoms. The summed E-state index contributed by atoms with van der Waals surface area (Å²) in [7, 11) is 1.24. The minimum absolute atomic E-state index is 0.00804. The fourth-order valence-electron chi connectivity index (χ4n) is 8.25. The average molecular weight is 937 g/mol. The van der Waals surface area contributed by atoms with E-state index in [0.29, 0.717) is 17.4 Å². The first-order valence-electron chi connectivity index (χ1n) is 27.9. The summed E-state index contributed by atoms with van der Waals surface area (Å²) in [5.41, 5.74) is 0. The number of likely N-dealkylation sites (N-methyl/N-ethyl adjacent to an activating group) is 1. The first kappa shape index (κ1) is 63.7. The lowest BCUT2D eigenvalue weighted by Gasteiger charge is -2.29. The van der Waals surface area contributed by atoms with Crippen LogP contribution in [0, 0.1) is 0 Å². The molecule has 0 saturated carbocycles. The zero-order chi connectivity index (χ0) is 47.8. The van der Waals surface area contributed by atoms with Gasteiger partial charge in [-0.1, -0.05) is 256 Å². The van der Waals surface area contributed by atoms with Crippen molar-refractivity contribution < 1.29 is 32.9 Å². The molecule has 3 atom stereocenters. The number of unbranched alkanes of at least 4 members (excludes halogenated alkanes) is 34. The molecule has 0 aliphatic heterocycles. The number of hydrogen-bond acceptors (Lipinski definition) is 6. The van der Waals surface area contributed by atoms with Crippen LogP contribution in [0.3, 0.4) is 0 Å². The van der Waals surface area contributed by atoms with E-state index in [1.807, 2.05) is 27.2 Å². The SMILES string of the molecule is CC/C=C/CC/C=C/CC/C=C/C(O)C(COP(=O)([O-])OCC[N+](C)(C)C)NC(=O)CCCCCCCCCCCCCCCCCCCCCCCCCCCCCCCCCCC. The monoisotopic (exact) mass is 937 g/mol. The molecule has 0 aliphatic carbocycles. The highest BCUT2D eigenvalue weighted by atomic mass is 31.2. The lowest BCUT2D eigenvalue weighted by molar-refractivity contribution is -0.870. The van der Waals surface area contributed by atoms with Gasteiger partial charge in [0.1, 0.15) is 13.2 Å². The molecule has 0 radical (unpaired) electrons. The van der Waals surface area contributed by atoms with Crippen LogP contribution >= 0.6 is 7.82 Å². The van der Waals surface area contributed by atoms with Gasteiger partial charge in [-0.2, -0.15) is 0 Å². The van der Waals surface area contributed by atoms with Gasteiger partial charge in [-0.15, -0.1) is 0 Å². The largest absolute Gasteiger partial charge is 0.756 e. The summed E-state index contributed by atoms with van der Waals surface area (Å²) in [5, 5.41) is 13.7. The van der Waals surface area contributed by atoms with Crippen LogP contribution in [0.2, 0.25) is 0 Å². The molecule has 0 aliphatic rings. The second-order valence-corrected chi connectivity index (χ2v) is 21.7. The van der Waals surface area contributed by atoms with Crippen molar-refractivity contribution in [1.82, 2.24) is 5.32 Å². The zero-order valence-electron chi connectivity index (χ0n) is 43.7. The van der Waals surface area contributed by atoms with Gasteiger partial charge in [0.05, 0.1) is 39.9 Å². The third kappa shape index (κ3) is 50.4. The molecule has 0 rings (SSSR count). The van der Waals surface area contributed by atoms with Crippen LogP contribution in [0.5, 0.6) is 0 Å². The number of aliphatic hydroxyl groups excluding tert-OH is 1. The molecule has 0 spiro atoms. The van der Waals surface area contributed by atoms with Crippen molar-refractivity contribution >= 4 is 13.7 Å². The number of phosphoric ester groups is 1. The first-order valence-corrected chi connectivity index (χ1v) is 29.3. The summed E-state index contributed by atoms with van der Waals surface area (Å²) in [4.78, 5) is 25.3. The number of carbonyl (C=O) groups excluding carboxylic acids is 1. The molecule has 3 unspecified atom stereocenters. The van der Waals surface area contributed by atoms with Crippen LogP contribution in [-0.2, 0) is 18.4 Å². The number of allylic oxidation sites excluding steroid dienone is 5. The Morgan fingerprint density at radius 1 is 0.538 bits per heavy atom. The second-order valence-electron chi connectivity index (χ2n) is 20.3. The van der Waals surface area contributed by atoms with Crippen LogP contribution in [0.15, 0.2) is 36.5 Å². The second kappa shape index (κ2) is 47.8. The average Bonchev–Trinajstić information content (AvgIpc) is 3.26. The summed E-state index contributed by atoms with van der Waals surface area (Å²) in [5.74, 6) is -0.210. The van der Waals surface area contributed by atoms with Crippen LogP contribution < -0.4 is 10.2 Å². The van der Waals surface area contributed by atoms with Crippen molar-refractivity contribution in [2.75, 3.05) is 40.9 Å². The summed E-state index contributed by atoms with van der Waals surface area (Å²) in [6.45, 7) is 4.51. The molecule has 384 valence electrons. The Bertz CT molecular complexity index is 1150. The molecule has 0 fully saturated rings. The minimum atomic E-state index is -4.60. The van der Waals surface area contributed by atoms with E-state index in [0.717, 1.165) is 51.4 Å². The summed E-state index contributed by atoms with van der Waals surface area (Å²) < 4.78 is 23.2. The number of phosphoric acid groups is 1. The van der Waals surface area contributed by atoms with Gasteiger partial charge in [0.2, 0.25) is 5.91 Å². The fraction of sp³-hybridized carbons (Fsp3) is 0.875. The molecule has 0 saturated heterocycles. The van der Waals surface area contributed by atoms with E-state index in [-0.39, 0.29) is 12.5 Å². The van der Waals surface area contributed by atoms with E-state index in [4.69, 9.17) is 9.05 Å². The Morgan fingerprint density at radius 2 is 0.877 bits per heavy atom. The minimum Gasteiger partial charge on any atom is -0.756 e. The molecular weight excluding hydrogens is 828 g/mol. The van der Waals surface area contributed by atoms with E-state index in [1.54, 1.807) is 6.08 Å². The normalized spacial score (nSPS) is 14.3. The van der Waals surface area contributed by atoms with Crippen LogP contribution in [0.4, 0.5) is 0 Å². The van der Waals surface area contributed by atoms with Gasteiger partial charge in [0.15, 0.2) is 0 Å². The van der Waals surface area contributed by atoms with Gasteiger partial charge in [0, 0.05) is 6.42 Å². The van der Waals surface area contributed by atoms with Crippen LogP contribution in [0.25, 0.3) is 0 Å². The van der Waals surface area contributed by atoms with Gasteiger partial charge in [-0.25, -0.2) is 0 Å².